The molecule has 0 saturated carbocycles. The predicted octanol–water partition coefficient (Wildman–Crippen LogP) is 5.66. The Balaban J connectivity index is 0.00000420. The first-order valence-electron chi connectivity index (χ1n) is 13.7. The lowest BCUT2D eigenvalue weighted by Gasteiger charge is -2.49. The fourth-order valence-electron chi connectivity index (χ4n) is 5.82. The molecule has 3 fully saturated rings. The molecular weight excluding hydrogens is 374 g/mol. The minimum Gasteiger partial charge on any atom is -1.00 e. The Kier molecular flexibility index (Phi) is 16.8. The van der Waals surface area contributed by atoms with Crippen LogP contribution in [0.25, 0.3) is 0 Å². The van der Waals surface area contributed by atoms with Crippen LogP contribution in [0.4, 0.5) is 0 Å². The van der Waals surface area contributed by atoms with Crippen molar-refractivity contribution < 1.29 is 16.9 Å². The Labute approximate surface area is 190 Å². The summed E-state index contributed by atoms with van der Waals surface area (Å²) in [5.41, 5.74) is 0. The Bertz CT molecular complexity index is 335. The monoisotopic (exact) mass is 427 g/mol. The molecule has 0 spiro atoms. The summed E-state index contributed by atoms with van der Waals surface area (Å²) in [6.07, 6.45) is 31.3. The summed E-state index contributed by atoms with van der Waals surface area (Å²) >= 11 is 0. The molecule has 174 valence electrons. The van der Waals surface area contributed by atoms with Crippen LogP contribution in [0.5, 0.6) is 0 Å². The number of hydrogen-bond acceptors (Lipinski definition) is 0. The van der Waals surface area contributed by atoms with Gasteiger partial charge in [0.05, 0.1) is 26.2 Å². The van der Waals surface area contributed by atoms with E-state index in [0.29, 0.717) is 0 Å². The van der Waals surface area contributed by atoms with Crippen molar-refractivity contribution in [2.45, 2.75) is 142 Å². The zero-order valence-corrected chi connectivity index (χ0v) is 20.8. The minimum absolute atomic E-state index is 0. The molecule has 0 N–H and O–H groups in total. The smallest absolute Gasteiger partial charge is 0.0789 e. The zero-order chi connectivity index (χ0) is 19.8. The molecule has 2 heteroatoms. The van der Waals surface area contributed by atoms with Crippen molar-refractivity contribution in [2.75, 3.05) is 26.2 Å². The number of hydrogen-bond donors (Lipinski definition) is 0. The van der Waals surface area contributed by atoms with Gasteiger partial charge in [-0.3, -0.25) is 0 Å². The van der Waals surface area contributed by atoms with E-state index in [9.17, 15) is 0 Å². The van der Waals surface area contributed by atoms with Gasteiger partial charge < -0.3 is 16.9 Å². The van der Waals surface area contributed by atoms with Gasteiger partial charge in [0.1, 0.15) is 0 Å². The molecule has 0 atom stereocenters. The number of quaternary nitrogens is 1. The molecule has 0 aromatic rings. The average Bonchev–Trinajstić information content (AvgIpc) is 2.74. The Morgan fingerprint density at radius 1 is 0.483 bits per heavy atom. The van der Waals surface area contributed by atoms with Crippen LogP contribution in [0, 0.1) is 5.92 Å². The van der Waals surface area contributed by atoms with Gasteiger partial charge in [0.2, 0.25) is 0 Å². The lowest BCUT2D eigenvalue weighted by molar-refractivity contribution is -0.942. The molecule has 3 rings (SSSR count). The SMILES string of the molecule is CCCCCCCCCCCCCCCCCCCC[N+]12CCC(CC1)CC2.[Cl-]. The van der Waals surface area contributed by atoms with Crippen molar-refractivity contribution in [1.29, 1.82) is 0 Å². The van der Waals surface area contributed by atoms with Crippen molar-refractivity contribution in [2.24, 2.45) is 5.92 Å². The molecule has 2 bridgehead atoms. The van der Waals surface area contributed by atoms with Crippen molar-refractivity contribution in [3.8, 4) is 0 Å². The van der Waals surface area contributed by atoms with Crippen LogP contribution in [0.3, 0.4) is 0 Å². The van der Waals surface area contributed by atoms with Gasteiger partial charge in [0.15, 0.2) is 0 Å². The number of unbranched alkanes of at least 4 members (excludes halogenated alkanes) is 17. The fourth-order valence-corrected chi connectivity index (χ4v) is 5.82. The number of nitrogens with zero attached hydrogens (tertiary/aromatic N) is 1. The van der Waals surface area contributed by atoms with Crippen molar-refractivity contribution in [3.63, 3.8) is 0 Å². The Morgan fingerprint density at radius 2 is 0.793 bits per heavy atom. The molecule has 0 radical (unpaired) electrons. The second-order valence-corrected chi connectivity index (χ2v) is 10.5. The van der Waals surface area contributed by atoms with Crippen molar-refractivity contribution in [3.05, 3.63) is 0 Å². The van der Waals surface area contributed by atoms with E-state index >= 15 is 0 Å². The summed E-state index contributed by atoms with van der Waals surface area (Å²) < 4.78 is 1.51. The molecule has 0 amide bonds. The number of rotatable bonds is 19. The summed E-state index contributed by atoms with van der Waals surface area (Å²) in [4.78, 5) is 0. The van der Waals surface area contributed by atoms with E-state index in [4.69, 9.17) is 0 Å². The third-order valence-electron chi connectivity index (χ3n) is 8.02. The highest BCUT2D eigenvalue weighted by molar-refractivity contribution is 4.71. The first kappa shape index (κ1) is 27.3. The van der Waals surface area contributed by atoms with Crippen molar-refractivity contribution in [1.82, 2.24) is 0 Å². The molecule has 3 aliphatic rings. The summed E-state index contributed by atoms with van der Waals surface area (Å²) in [7, 11) is 0. The summed E-state index contributed by atoms with van der Waals surface area (Å²) in [5.74, 6) is 1.11. The largest absolute Gasteiger partial charge is 1.00 e. The molecule has 1 nitrogen and oxygen atoms in total. The van der Waals surface area contributed by atoms with E-state index in [1.54, 1.807) is 19.3 Å². The van der Waals surface area contributed by atoms with Crippen LogP contribution in [0.2, 0.25) is 0 Å². The number of fused-ring (bicyclic) bond motifs is 3. The minimum atomic E-state index is 0. The van der Waals surface area contributed by atoms with E-state index in [0.717, 1.165) is 5.92 Å². The third kappa shape index (κ3) is 12.6. The predicted molar refractivity (Wildman–Crippen MR) is 126 cm³/mol. The lowest BCUT2D eigenvalue weighted by atomic mass is 9.85. The second-order valence-electron chi connectivity index (χ2n) is 10.5. The number of halogens is 1. The molecule has 0 unspecified atom stereocenters. The van der Waals surface area contributed by atoms with Gasteiger partial charge in [-0.05, 0) is 38.0 Å². The quantitative estimate of drug-likeness (QED) is 0.184. The lowest BCUT2D eigenvalue weighted by Crippen LogP contribution is -3.00. The van der Waals surface area contributed by atoms with E-state index in [1.807, 2.05) is 0 Å². The van der Waals surface area contributed by atoms with Crippen LogP contribution < -0.4 is 12.4 Å². The molecule has 0 aromatic heterocycles. The summed E-state index contributed by atoms with van der Waals surface area (Å²) in [6, 6.07) is 0. The third-order valence-corrected chi connectivity index (χ3v) is 8.02. The van der Waals surface area contributed by atoms with Gasteiger partial charge in [-0.2, -0.15) is 0 Å². The second kappa shape index (κ2) is 17.9. The van der Waals surface area contributed by atoms with Crippen LogP contribution in [-0.4, -0.2) is 30.7 Å². The summed E-state index contributed by atoms with van der Waals surface area (Å²) in [6.45, 7) is 8.36. The van der Waals surface area contributed by atoms with Crippen molar-refractivity contribution >= 4 is 0 Å². The van der Waals surface area contributed by atoms with Crippen LogP contribution in [-0.2, 0) is 0 Å². The van der Waals surface area contributed by atoms with Gasteiger partial charge in [-0.15, -0.1) is 0 Å². The fraction of sp³-hybridized carbons (Fsp3) is 1.00. The van der Waals surface area contributed by atoms with E-state index in [2.05, 4.69) is 6.92 Å². The van der Waals surface area contributed by atoms with Gasteiger partial charge in [0, 0.05) is 0 Å². The van der Waals surface area contributed by atoms with Crippen LogP contribution >= 0.6 is 0 Å². The van der Waals surface area contributed by atoms with Crippen LogP contribution in [0.15, 0.2) is 0 Å². The zero-order valence-electron chi connectivity index (χ0n) is 20.1. The molecule has 3 saturated heterocycles. The van der Waals surface area contributed by atoms with E-state index in [-0.39, 0.29) is 12.4 Å². The molecular formula is C27H54ClN. The highest BCUT2D eigenvalue weighted by Crippen LogP contribution is 2.33. The van der Waals surface area contributed by atoms with Crippen LogP contribution in [0.1, 0.15) is 142 Å². The molecule has 0 aromatic carbocycles. The maximum absolute atomic E-state index is 2.31. The van der Waals surface area contributed by atoms with E-state index < -0.39 is 0 Å². The Morgan fingerprint density at radius 3 is 1.14 bits per heavy atom. The normalized spacial score (nSPS) is 23.3. The maximum atomic E-state index is 2.31. The molecule has 0 aliphatic carbocycles. The van der Waals surface area contributed by atoms with Gasteiger partial charge in [-0.25, -0.2) is 0 Å². The van der Waals surface area contributed by atoms with Gasteiger partial charge in [-0.1, -0.05) is 110 Å². The molecule has 29 heavy (non-hydrogen) atoms. The first-order chi connectivity index (χ1) is 13.8. The van der Waals surface area contributed by atoms with Gasteiger partial charge in [0.25, 0.3) is 0 Å². The number of piperidine rings is 3. The standard InChI is InChI=1S/C27H54N.ClH/c1-2-3-4-5-6-7-8-9-10-11-12-13-14-15-16-17-18-19-23-28-24-20-27(21-25-28)22-26-28;/h27H,2-26H2,1H3;1H/q+1;/p-1. The van der Waals surface area contributed by atoms with Gasteiger partial charge >= 0.3 is 0 Å². The topological polar surface area (TPSA) is 0 Å². The van der Waals surface area contributed by atoms with E-state index in [1.165, 1.54) is 146 Å². The molecule has 3 heterocycles. The highest BCUT2D eigenvalue weighted by Gasteiger charge is 2.38. The summed E-state index contributed by atoms with van der Waals surface area (Å²) in [5, 5.41) is 0. The Hall–Kier alpha value is 0.250. The molecule has 3 aliphatic heterocycles. The first-order valence-corrected chi connectivity index (χ1v) is 13.7. The highest BCUT2D eigenvalue weighted by atomic mass is 35.5. The average molecular weight is 428 g/mol. The maximum Gasteiger partial charge on any atom is 0.0789 e.